The summed E-state index contributed by atoms with van der Waals surface area (Å²) in [6.07, 6.45) is 2.40. The van der Waals surface area contributed by atoms with Gasteiger partial charge in [-0.15, -0.1) is 0 Å². The largest absolute Gasteiger partial charge is 0.481 e. The first kappa shape index (κ1) is 22.0. The molecule has 5 nitrogen and oxygen atoms in total. The number of aromatic nitrogens is 1. The number of aliphatic carboxylic acids is 1. The van der Waals surface area contributed by atoms with E-state index in [0.717, 1.165) is 29.9 Å². The van der Waals surface area contributed by atoms with E-state index in [4.69, 9.17) is 5.11 Å². The quantitative estimate of drug-likeness (QED) is 0.485. The second-order valence-electron chi connectivity index (χ2n) is 8.46. The highest BCUT2D eigenvalue weighted by Gasteiger charge is 2.28. The molecule has 3 aromatic rings. The monoisotopic (exact) mass is 433 g/mol. The third kappa shape index (κ3) is 5.14. The van der Waals surface area contributed by atoms with Gasteiger partial charge in [0.2, 0.25) is 0 Å². The smallest absolute Gasteiger partial charge is 0.307 e. The van der Waals surface area contributed by atoms with Crippen LogP contribution in [0.2, 0.25) is 0 Å². The summed E-state index contributed by atoms with van der Waals surface area (Å²) in [6.45, 7) is 3.57. The molecule has 0 saturated heterocycles. The number of nitrogens with one attached hydrogen (secondary N) is 2. The Hall–Kier alpha value is -3.25. The number of hydrogen-bond donors (Lipinski definition) is 3. The lowest BCUT2D eigenvalue weighted by molar-refractivity contribution is -0.136. The Morgan fingerprint density at radius 3 is 2.75 bits per heavy atom. The minimum absolute atomic E-state index is 0.0663. The lowest BCUT2D eigenvalue weighted by Gasteiger charge is -2.33. The Morgan fingerprint density at radius 1 is 1.19 bits per heavy atom. The Morgan fingerprint density at radius 2 is 2.00 bits per heavy atom. The fraction of sp³-hybridized carbons (Fsp3) is 0.308. The fourth-order valence-electron chi connectivity index (χ4n) is 4.37. The van der Waals surface area contributed by atoms with Gasteiger partial charge >= 0.3 is 5.97 Å². The summed E-state index contributed by atoms with van der Waals surface area (Å²) < 4.78 is 14.4. The number of benzene rings is 2. The molecule has 166 valence electrons. The van der Waals surface area contributed by atoms with Gasteiger partial charge in [0, 0.05) is 31.2 Å². The predicted molar refractivity (Wildman–Crippen MR) is 123 cm³/mol. The summed E-state index contributed by atoms with van der Waals surface area (Å²) in [5, 5.41) is 16.2. The van der Waals surface area contributed by atoms with Crippen molar-refractivity contribution in [2.24, 2.45) is 5.92 Å². The summed E-state index contributed by atoms with van der Waals surface area (Å²) in [5.74, 6) is -1.11. The van der Waals surface area contributed by atoms with Crippen LogP contribution >= 0.6 is 0 Å². The number of rotatable bonds is 8. The highest BCUT2D eigenvalue weighted by atomic mass is 19.1. The van der Waals surface area contributed by atoms with Crippen molar-refractivity contribution in [3.05, 3.63) is 95.1 Å². The number of carboxylic acid groups (broad SMARTS) is 1. The molecular formula is C26H28FN3O2. The van der Waals surface area contributed by atoms with Gasteiger partial charge in [-0.25, -0.2) is 4.39 Å². The first-order chi connectivity index (χ1) is 15.5. The van der Waals surface area contributed by atoms with Gasteiger partial charge < -0.3 is 15.7 Å². The third-order valence-corrected chi connectivity index (χ3v) is 6.16. The maximum atomic E-state index is 14.4. The van der Waals surface area contributed by atoms with E-state index >= 15 is 0 Å². The lowest BCUT2D eigenvalue weighted by Crippen LogP contribution is -2.37. The number of fused-ring (bicyclic) bond motifs is 1. The minimum atomic E-state index is -1.03. The topological polar surface area (TPSA) is 74.2 Å². The first-order valence-corrected chi connectivity index (χ1v) is 11.0. The number of anilines is 1. The van der Waals surface area contributed by atoms with E-state index in [1.807, 2.05) is 36.5 Å². The molecule has 1 aromatic heterocycles. The van der Waals surface area contributed by atoms with Crippen molar-refractivity contribution in [1.29, 1.82) is 0 Å². The number of hydrogen-bond acceptors (Lipinski definition) is 4. The molecule has 1 aliphatic rings. The zero-order valence-corrected chi connectivity index (χ0v) is 18.1. The zero-order chi connectivity index (χ0) is 22.5. The van der Waals surface area contributed by atoms with Crippen molar-refractivity contribution in [2.75, 3.05) is 18.4 Å². The summed E-state index contributed by atoms with van der Waals surface area (Å²) in [7, 11) is 0. The van der Waals surface area contributed by atoms with Crippen LogP contribution in [0.25, 0.3) is 0 Å². The molecule has 3 atom stereocenters. The average molecular weight is 434 g/mol. The first-order valence-electron chi connectivity index (χ1n) is 11.0. The van der Waals surface area contributed by atoms with Crippen molar-refractivity contribution in [3.8, 4) is 0 Å². The van der Waals surface area contributed by atoms with Crippen molar-refractivity contribution < 1.29 is 14.3 Å². The number of pyridine rings is 1. The van der Waals surface area contributed by atoms with Crippen LogP contribution in [0.1, 0.15) is 41.3 Å². The van der Waals surface area contributed by atoms with E-state index in [1.54, 1.807) is 6.07 Å². The minimum Gasteiger partial charge on any atom is -0.481 e. The Kier molecular flexibility index (Phi) is 6.81. The van der Waals surface area contributed by atoms with E-state index in [-0.39, 0.29) is 23.9 Å². The fourth-order valence-corrected chi connectivity index (χ4v) is 4.37. The normalized spacial score (nSPS) is 17.1. The number of carbonyl (C=O) groups is 1. The summed E-state index contributed by atoms with van der Waals surface area (Å²) in [6, 6.07) is 19.4. The van der Waals surface area contributed by atoms with Gasteiger partial charge in [-0.3, -0.25) is 9.78 Å². The van der Waals surface area contributed by atoms with E-state index in [9.17, 15) is 9.18 Å². The molecule has 0 spiro atoms. The highest BCUT2D eigenvalue weighted by molar-refractivity contribution is 5.70. The molecular weight excluding hydrogens is 405 g/mol. The highest BCUT2D eigenvalue weighted by Crippen LogP contribution is 2.32. The molecule has 6 heteroatoms. The molecule has 0 saturated carbocycles. The van der Waals surface area contributed by atoms with Crippen LogP contribution in [-0.2, 0) is 17.6 Å². The molecule has 0 fully saturated rings. The average Bonchev–Trinajstić information content (AvgIpc) is 2.80. The molecule has 32 heavy (non-hydrogen) atoms. The van der Waals surface area contributed by atoms with E-state index in [0.29, 0.717) is 12.5 Å². The predicted octanol–water partition coefficient (Wildman–Crippen LogP) is 4.57. The van der Waals surface area contributed by atoms with Crippen LogP contribution in [0.3, 0.4) is 0 Å². The molecule has 2 heterocycles. The molecule has 0 radical (unpaired) electrons. The van der Waals surface area contributed by atoms with Crippen LogP contribution in [-0.4, -0.2) is 29.1 Å². The van der Waals surface area contributed by atoms with Crippen molar-refractivity contribution in [1.82, 2.24) is 10.3 Å². The summed E-state index contributed by atoms with van der Waals surface area (Å²) in [5.41, 5.74) is 4.46. The molecule has 0 amide bonds. The Bertz CT molecular complexity index is 1070. The van der Waals surface area contributed by atoms with Gasteiger partial charge in [0.25, 0.3) is 0 Å². The van der Waals surface area contributed by atoms with Crippen LogP contribution < -0.4 is 10.6 Å². The molecule has 0 unspecified atom stereocenters. The van der Waals surface area contributed by atoms with E-state index in [2.05, 4.69) is 40.7 Å². The van der Waals surface area contributed by atoms with Crippen LogP contribution in [0, 0.1) is 11.7 Å². The van der Waals surface area contributed by atoms with Gasteiger partial charge in [0.15, 0.2) is 0 Å². The SMILES string of the molecule is C[C@@H](CN[C@H](c1ccccc1)[C@H]1CNc2cccnc2C1)c1ccc(CC(=O)O)c(F)c1. The Labute approximate surface area is 187 Å². The second kappa shape index (κ2) is 9.92. The van der Waals surface area contributed by atoms with Gasteiger partial charge in [-0.05, 0) is 47.2 Å². The van der Waals surface area contributed by atoms with E-state index in [1.165, 1.54) is 11.6 Å². The maximum absolute atomic E-state index is 14.4. The third-order valence-electron chi connectivity index (χ3n) is 6.16. The standard InChI is InChI=1S/C26H28FN3O2/c1-17(19-9-10-20(14-25(31)32)22(27)12-19)15-30-26(18-6-3-2-4-7-18)21-13-24-23(29-16-21)8-5-11-28-24/h2-12,17,21,26,29-30H,13-16H2,1H3,(H,31,32)/t17-,21+,26+/m0/s1. The van der Waals surface area contributed by atoms with Gasteiger partial charge in [-0.1, -0.05) is 49.4 Å². The maximum Gasteiger partial charge on any atom is 0.307 e. The number of nitrogens with zero attached hydrogens (tertiary/aromatic N) is 1. The Balaban J connectivity index is 1.49. The van der Waals surface area contributed by atoms with Crippen molar-refractivity contribution in [2.45, 2.75) is 31.7 Å². The van der Waals surface area contributed by atoms with E-state index < -0.39 is 11.8 Å². The number of halogens is 1. The lowest BCUT2D eigenvalue weighted by atomic mass is 9.86. The molecule has 2 aromatic carbocycles. The van der Waals surface area contributed by atoms with Crippen LogP contribution in [0.4, 0.5) is 10.1 Å². The molecule has 0 bridgehead atoms. The van der Waals surface area contributed by atoms with Gasteiger partial charge in [0.1, 0.15) is 5.82 Å². The number of carboxylic acids is 1. The van der Waals surface area contributed by atoms with Crippen LogP contribution in [0.15, 0.2) is 66.9 Å². The van der Waals surface area contributed by atoms with Gasteiger partial charge in [-0.2, -0.15) is 0 Å². The molecule has 4 rings (SSSR count). The van der Waals surface area contributed by atoms with Crippen molar-refractivity contribution >= 4 is 11.7 Å². The van der Waals surface area contributed by atoms with Crippen LogP contribution in [0.5, 0.6) is 0 Å². The summed E-state index contributed by atoms with van der Waals surface area (Å²) >= 11 is 0. The van der Waals surface area contributed by atoms with Crippen molar-refractivity contribution in [3.63, 3.8) is 0 Å². The zero-order valence-electron chi connectivity index (χ0n) is 18.1. The molecule has 3 N–H and O–H groups in total. The summed E-state index contributed by atoms with van der Waals surface area (Å²) in [4.78, 5) is 15.4. The second-order valence-corrected chi connectivity index (χ2v) is 8.46. The molecule has 0 aliphatic carbocycles. The molecule has 1 aliphatic heterocycles. The van der Waals surface area contributed by atoms with Gasteiger partial charge in [0.05, 0.1) is 17.8 Å².